The normalized spacial score (nSPS) is 12.9. The number of urea groups is 1. The van der Waals surface area contributed by atoms with Crippen LogP contribution in [0.4, 0.5) is 4.79 Å². The zero-order valence-corrected chi connectivity index (χ0v) is 24.1. The van der Waals surface area contributed by atoms with Gasteiger partial charge in [0.05, 0.1) is 0 Å². The number of carbonyl (C=O) groups is 4. The fraction of sp³-hybridized carbons (Fsp3) is 0.333. The standard InChI is InChI=1S/C33H39N3O7/c34-21-11-10-18-28(30(39)43-24-27-16-8-3-9-17-27)35-32(42)36(23-26-14-6-2-7-15-26)33(31(40)41,20-19-29(37)38)22-25-12-4-1-5-13-25/h1-9,12-17,28H,10-11,18-24,34H2,(H,35,42)(H,37,38)(H,40,41)/t28-,33+/m0/s1. The zero-order valence-electron chi connectivity index (χ0n) is 24.1. The minimum absolute atomic E-state index is 0.00233. The smallest absolute Gasteiger partial charge is 0.330 e. The molecule has 0 fully saturated rings. The molecular formula is C33H39N3O7. The first-order valence-electron chi connectivity index (χ1n) is 14.3. The molecule has 0 saturated heterocycles. The second kappa shape index (κ2) is 16.7. The molecule has 3 rings (SSSR count). The Kier molecular flexibility index (Phi) is 12.7. The van der Waals surface area contributed by atoms with Gasteiger partial charge in [0.1, 0.15) is 18.2 Å². The summed E-state index contributed by atoms with van der Waals surface area (Å²) < 4.78 is 5.53. The van der Waals surface area contributed by atoms with Crippen molar-refractivity contribution in [3.63, 3.8) is 0 Å². The number of hydrogen-bond acceptors (Lipinski definition) is 6. The van der Waals surface area contributed by atoms with Gasteiger partial charge in [-0.15, -0.1) is 0 Å². The van der Waals surface area contributed by atoms with E-state index in [0.717, 1.165) is 10.5 Å². The van der Waals surface area contributed by atoms with E-state index in [2.05, 4.69) is 5.32 Å². The van der Waals surface area contributed by atoms with E-state index in [1.807, 2.05) is 30.3 Å². The van der Waals surface area contributed by atoms with Crippen LogP contribution in [-0.4, -0.2) is 57.2 Å². The molecule has 0 radical (unpaired) electrons. The first-order chi connectivity index (χ1) is 20.7. The van der Waals surface area contributed by atoms with Crippen LogP contribution in [0.15, 0.2) is 91.0 Å². The molecule has 10 nitrogen and oxygen atoms in total. The molecule has 0 heterocycles. The monoisotopic (exact) mass is 589 g/mol. The Morgan fingerprint density at radius 3 is 1.91 bits per heavy atom. The number of aliphatic carboxylic acids is 2. The molecular weight excluding hydrogens is 550 g/mol. The molecule has 0 aliphatic rings. The highest BCUT2D eigenvalue weighted by molar-refractivity contribution is 5.89. The average molecular weight is 590 g/mol. The summed E-state index contributed by atoms with van der Waals surface area (Å²) in [5.41, 5.74) is 5.73. The van der Waals surface area contributed by atoms with Gasteiger partial charge in [0.15, 0.2) is 0 Å². The summed E-state index contributed by atoms with van der Waals surface area (Å²) >= 11 is 0. The Hall–Kier alpha value is -4.70. The summed E-state index contributed by atoms with van der Waals surface area (Å²) in [7, 11) is 0. The van der Waals surface area contributed by atoms with Gasteiger partial charge in [-0.25, -0.2) is 14.4 Å². The zero-order chi connectivity index (χ0) is 31.1. The van der Waals surface area contributed by atoms with Crippen LogP contribution in [0.3, 0.4) is 0 Å². The van der Waals surface area contributed by atoms with Crippen molar-refractivity contribution in [1.29, 1.82) is 0 Å². The maximum atomic E-state index is 14.1. The number of hydrogen-bond donors (Lipinski definition) is 4. The third-order valence-corrected chi connectivity index (χ3v) is 7.19. The molecule has 0 bridgehead atoms. The molecule has 10 heteroatoms. The number of rotatable bonds is 17. The Balaban J connectivity index is 1.99. The van der Waals surface area contributed by atoms with Gasteiger partial charge in [0.2, 0.25) is 0 Å². The summed E-state index contributed by atoms with van der Waals surface area (Å²) in [4.78, 5) is 53.3. The number of unbranched alkanes of at least 4 members (excludes halogenated alkanes) is 1. The molecule has 3 aromatic rings. The minimum Gasteiger partial charge on any atom is -0.481 e. The molecule has 5 N–H and O–H groups in total. The average Bonchev–Trinajstić information content (AvgIpc) is 3.01. The molecule has 0 aliphatic heterocycles. The largest absolute Gasteiger partial charge is 0.481 e. The molecule has 228 valence electrons. The van der Waals surface area contributed by atoms with E-state index in [9.17, 15) is 29.4 Å². The maximum Gasteiger partial charge on any atom is 0.330 e. The Bertz CT molecular complexity index is 1320. The molecule has 0 unspecified atom stereocenters. The van der Waals surface area contributed by atoms with Crippen molar-refractivity contribution in [2.24, 2.45) is 5.73 Å². The number of esters is 1. The molecule has 0 aromatic heterocycles. The highest BCUT2D eigenvalue weighted by Gasteiger charge is 2.47. The molecule has 3 aromatic carbocycles. The van der Waals surface area contributed by atoms with E-state index in [4.69, 9.17) is 10.5 Å². The third kappa shape index (κ3) is 9.96. The number of nitrogens with zero attached hydrogens (tertiary/aromatic N) is 1. The topological polar surface area (TPSA) is 159 Å². The molecule has 0 saturated carbocycles. The third-order valence-electron chi connectivity index (χ3n) is 7.19. The van der Waals surface area contributed by atoms with Gasteiger partial charge >= 0.3 is 23.9 Å². The van der Waals surface area contributed by atoms with Gasteiger partial charge < -0.3 is 30.9 Å². The van der Waals surface area contributed by atoms with Gasteiger partial charge in [0.25, 0.3) is 0 Å². The Morgan fingerprint density at radius 2 is 1.37 bits per heavy atom. The van der Waals surface area contributed by atoms with Crippen LogP contribution in [-0.2, 0) is 38.7 Å². The van der Waals surface area contributed by atoms with Gasteiger partial charge in [0, 0.05) is 19.4 Å². The van der Waals surface area contributed by atoms with Crippen LogP contribution in [0.5, 0.6) is 0 Å². The molecule has 2 amide bonds. The van der Waals surface area contributed by atoms with Gasteiger partial charge in [-0.1, -0.05) is 91.0 Å². The predicted molar refractivity (Wildman–Crippen MR) is 161 cm³/mol. The van der Waals surface area contributed by atoms with Gasteiger partial charge in [-0.05, 0) is 48.9 Å². The molecule has 2 atom stereocenters. The lowest BCUT2D eigenvalue weighted by molar-refractivity contribution is -0.151. The minimum atomic E-state index is -1.95. The maximum absolute atomic E-state index is 14.1. The number of nitrogens with two attached hydrogens (primary N) is 1. The number of benzene rings is 3. The molecule has 0 aliphatic carbocycles. The fourth-order valence-corrected chi connectivity index (χ4v) is 4.85. The lowest BCUT2D eigenvalue weighted by Gasteiger charge is -2.41. The summed E-state index contributed by atoms with van der Waals surface area (Å²) in [6.45, 7) is 0.261. The Morgan fingerprint density at radius 1 is 0.814 bits per heavy atom. The van der Waals surface area contributed by atoms with Gasteiger partial charge in [-0.3, -0.25) is 4.79 Å². The first-order valence-corrected chi connectivity index (χ1v) is 14.3. The van der Waals surface area contributed by atoms with Crippen LogP contribution in [0.2, 0.25) is 0 Å². The van der Waals surface area contributed by atoms with Crippen LogP contribution in [0.1, 0.15) is 48.8 Å². The Labute approximate surface area is 251 Å². The number of carboxylic acids is 2. The number of nitrogens with one attached hydrogen (secondary N) is 1. The van der Waals surface area contributed by atoms with E-state index in [0.29, 0.717) is 30.5 Å². The van der Waals surface area contributed by atoms with Crippen molar-refractivity contribution in [2.75, 3.05) is 6.54 Å². The van der Waals surface area contributed by atoms with Crippen LogP contribution in [0.25, 0.3) is 0 Å². The first kappa shape index (κ1) is 32.8. The number of carbonyl (C=O) groups excluding carboxylic acids is 2. The van der Waals surface area contributed by atoms with E-state index >= 15 is 0 Å². The summed E-state index contributed by atoms with van der Waals surface area (Å²) in [5.74, 6) is -3.21. The van der Waals surface area contributed by atoms with E-state index in [1.165, 1.54) is 0 Å². The number of amides is 2. The van der Waals surface area contributed by atoms with E-state index in [1.54, 1.807) is 60.7 Å². The van der Waals surface area contributed by atoms with Crippen molar-refractivity contribution in [1.82, 2.24) is 10.2 Å². The van der Waals surface area contributed by atoms with Crippen molar-refractivity contribution in [3.8, 4) is 0 Å². The van der Waals surface area contributed by atoms with Crippen molar-refractivity contribution < 1.29 is 34.1 Å². The quantitative estimate of drug-likeness (QED) is 0.133. The van der Waals surface area contributed by atoms with Gasteiger partial charge in [-0.2, -0.15) is 0 Å². The summed E-state index contributed by atoms with van der Waals surface area (Å²) in [5, 5.41) is 23.0. The second-order valence-electron chi connectivity index (χ2n) is 10.3. The van der Waals surface area contributed by atoms with Crippen molar-refractivity contribution >= 4 is 23.9 Å². The lowest BCUT2D eigenvalue weighted by Crippen LogP contribution is -2.62. The van der Waals surface area contributed by atoms with Crippen molar-refractivity contribution in [2.45, 2.75) is 63.3 Å². The van der Waals surface area contributed by atoms with Crippen LogP contribution < -0.4 is 11.1 Å². The number of ether oxygens (including phenoxy) is 1. The highest BCUT2D eigenvalue weighted by Crippen LogP contribution is 2.30. The number of carboxylic acid groups (broad SMARTS) is 2. The van der Waals surface area contributed by atoms with Crippen LogP contribution in [0, 0.1) is 0 Å². The fourth-order valence-electron chi connectivity index (χ4n) is 4.85. The molecule has 0 spiro atoms. The van der Waals surface area contributed by atoms with E-state index < -0.39 is 41.9 Å². The summed E-state index contributed by atoms with van der Waals surface area (Å²) in [6.07, 6.45) is 0.363. The molecule has 43 heavy (non-hydrogen) atoms. The van der Waals surface area contributed by atoms with Crippen LogP contribution >= 0.6 is 0 Å². The van der Waals surface area contributed by atoms with E-state index in [-0.39, 0.29) is 32.4 Å². The SMILES string of the molecule is NCCCC[C@H](NC(=O)N(Cc1ccccc1)[C@](CCC(=O)O)(Cc1ccccc1)C(=O)O)C(=O)OCc1ccccc1. The predicted octanol–water partition coefficient (Wildman–Crippen LogP) is 4.37. The summed E-state index contributed by atoms with van der Waals surface area (Å²) in [6, 6.07) is 24.8. The second-order valence-corrected chi connectivity index (χ2v) is 10.3. The van der Waals surface area contributed by atoms with Crippen molar-refractivity contribution in [3.05, 3.63) is 108 Å². The highest BCUT2D eigenvalue weighted by atomic mass is 16.5. The lowest BCUT2D eigenvalue weighted by atomic mass is 9.84.